The summed E-state index contributed by atoms with van der Waals surface area (Å²) in [4.78, 5) is 10.8. The van der Waals surface area contributed by atoms with Crippen LogP contribution in [0.2, 0.25) is 0 Å². The van der Waals surface area contributed by atoms with Crippen LogP contribution in [-0.2, 0) is 6.42 Å². The second-order valence-electron chi connectivity index (χ2n) is 3.59. The number of methoxy groups -OCH3 is 1. The number of hydrogen-bond donors (Lipinski definition) is 2. The standard InChI is InChI=1S/C12H17NO3/c1-16-12-7-9(4-2-3-5-13)10(8-14)6-11(12)15/h6-8,15H,2-5,13H2,1H3. The van der Waals surface area contributed by atoms with Crippen molar-refractivity contribution in [2.24, 2.45) is 5.73 Å². The summed E-state index contributed by atoms with van der Waals surface area (Å²) < 4.78 is 5.00. The summed E-state index contributed by atoms with van der Waals surface area (Å²) in [6.45, 7) is 0.644. The van der Waals surface area contributed by atoms with Crippen molar-refractivity contribution in [2.75, 3.05) is 13.7 Å². The number of carbonyl (C=O) groups is 1. The van der Waals surface area contributed by atoms with E-state index in [9.17, 15) is 9.90 Å². The molecule has 0 heterocycles. The molecule has 1 aromatic rings. The lowest BCUT2D eigenvalue weighted by Crippen LogP contribution is -2.01. The third-order valence-electron chi connectivity index (χ3n) is 2.47. The van der Waals surface area contributed by atoms with Gasteiger partial charge in [-0.15, -0.1) is 0 Å². The molecule has 0 aliphatic heterocycles. The Morgan fingerprint density at radius 2 is 2.19 bits per heavy atom. The van der Waals surface area contributed by atoms with Crippen molar-refractivity contribution in [3.63, 3.8) is 0 Å². The van der Waals surface area contributed by atoms with Gasteiger partial charge in [-0.05, 0) is 43.5 Å². The number of aryl methyl sites for hydroxylation is 1. The van der Waals surface area contributed by atoms with Gasteiger partial charge in [0.2, 0.25) is 0 Å². The zero-order valence-electron chi connectivity index (χ0n) is 9.40. The van der Waals surface area contributed by atoms with Crippen molar-refractivity contribution in [1.82, 2.24) is 0 Å². The van der Waals surface area contributed by atoms with Crippen LogP contribution in [-0.4, -0.2) is 25.0 Å². The van der Waals surface area contributed by atoms with Crippen LogP contribution >= 0.6 is 0 Å². The molecule has 0 aliphatic rings. The molecule has 88 valence electrons. The molecule has 3 N–H and O–H groups in total. The topological polar surface area (TPSA) is 72.5 Å². The first-order valence-corrected chi connectivity index (χ1v) is 5.28. The number of unbranched alkanes of at least 4 members (excludes halogenated alkanes) is 1. The molecule has 0 spiro atoms. The minimum absolute atomic E-state index is 0.00725. The van der Waals surface area contributed by atoms with E-state index in [1.807, 2.05) is 0 Å². The number of phenolic OH excluding ortho intramolecular Hbond substituents is 1. The number of rotatable bonds is 6. The van der Waals surface area contributed by atoms with Crippen molar-refractivity contribution in [2.45, 2.75) is 19.3 Å². The van der Waals surface area contributed by atoms with Gasteiger partial charge in [0.25, 0.3) is 0 Å². The number of phenols is 1. The number of ether oxygens (including phenoxy) is 1. The number of aromatic hydroxyl groups is 1. The minimum Gasteiger partial charge on any atom is -0.504 e. The first-order valence-electron chi connectivity index (χ1n) is 5.28. The van der Waals surface area contributed by atoms with Crippen molar-refractivity contribution < 1.29 is 14.6 Å². The van der Waals surface area contributed by atoms with Gasteiger partial charge in [-0.25, -0.2) is 0 Å². The summed E-state index contributed by atoms with van der Waals surface area (Å²) >= 11 is 0. The van der Waals surface area contributed by atoms with E-state index in [0.29, 0.717) is 17.9 Å². The summed E-state index contributed by atoms with van der Waals surface area (Å²) in [5.74, 6) is 0.389. The Labute approximate surface area is 95.0 Å². The third-order valence-corrected chi connectivity index (χ3v) is 2.47. The quantitative estimate of drug-likeness (QED) is 0.566. The van der Waals surface area contributed by atoms with Crippen LogP contribution in [0.15, 0.2) is 12.1 Å². The van der Waals surface area contributed by atoms with Gasteiger partial charge >= 0.3 is 0 Å². The molecule has 0 radical (unpaired) electrons. The van der Waals surface area contributed by atoms with E-state index in [1.165, 1.54) is 13.2 Å². The summed E-state index contributed by atoms with van der Waals surface area (Å²) in [6.07, 6.45) is 3.35. The summed E-state index contributed by atoms with van der Waals surface area (Å²) in [6, 6.07) is 3.14. The Bertz CT molecular complexity index is 364. The molecular weight excluding hydrogens is 206 g/mol. The molecule has 0 saturated heterocycles. The number of aldehydes is 1. The van der Waals surface area contributed by atoms with Crippen molar-refractivity contribution in [3.8, 4) is 11.5 Å². The molecule has 4 heteroatoms. The highest BCUT2D eigenvalue weighted by molar-refractivity contribution is 5.79. The average Bonchev–Trinajstić information content (AvgIpc) is 2.30. The number of carbonyl (C=O) groups excluding carboxylic acids is 1. The van der Waals surface area contributed by atoms with Gasteiger partial charge in [-0.3, -0.25) is 4.79 Å². The lowest BCUT2D eigenvalue weighted by atomic mass is 10.0. The van der Waals surface area contributed by atoms with E-state index in [0.717, 1.165) is 31.1 Å². The molecule has 0 atom stereocenters. The Balaban J connectivity index is 2.91. The maximum absolute atomic E-state index is 10.8. The molecule has 0 fully saturated rings. The lowest BCUT2D eigenvalue weighted by Gasteiger charge is -2.09. The number of nitrogens with two attached hydrogens (primary N) is 1. The highest BCUT2D eigenvalue weighted by atomic mass is 16.5. The Kier molecular flexibility index (Phi) is 4.79. The van der Waals surface area contributed by atoms with E-state index in [2.05, 4.69) is 0 Å². The van der Waals surface area contributed by atoms with Crippen molar-refractivity contribution in [3.05, 3.63) is 23.3 Å². The zero-order valence-corrected chi connectivity index (χ0v) is 9.40. The van der Waals surface area contributed by atoms with Crippen LogP contribution in [0.4, 0.5) is 0 Å². The summed E-state index contributed by atoms with van der Waals surface area (Å²) in [5, 5.41) is 9.51. The summed E-state index contributed by atoms with van der Waals surface area (Å²) in [7, 11) is 1.49. The van der Waals surface area contributed by atoms with Gasteiger partial charge in [-0.2, -0.15) is 0 Å². The average molecular weight is 223 g/mol. The largest absolute Gasteiger partial charge is 0.504 e. The Morgan fingerprint density at radius 1 is 1.44 bits per heavy atom. The fourth-order valence-corrected chi connectivity index (χ4v) is 1.58. The predicted molar refractivity (Wildman–Crippen MR) is 62.0 cm³/mol. The molecule has 0 saturated carbocycles. The van der Waals surface area contributed by atoms with Gasteiger partial charge in [0.1, 0.15) is 6.29 Å². The van der Waals surface area contributed by atoms with Crippen LogP contribution in [0, 0.1) is 0 Å². The van der Waals surface area contributed by atoms with E-state index in [4.69, 9.17) is 10.5 Å². The number of hydrogen-bond acceptors (Lipinski definition) is 4. The van der Waals surface area contributed by atoms with Crippen LogP contribution in [0.3, 0.4) is 0 Å². The minimum atomic E-state index is -0.00725. The second-order valence-corrected chi connectivity index (χ2v) is 3.59. The molecule has 1 rings (SSSR count). The second kappa shape index (κ2) is 6.12. The van der Waals surface area contributed by atoms with Crippen LogP contribution in [0.5, 0.6) is 11.5 Å². The van der Waals surface area contributed by atoms with Gasteiger partial charge in [-0.1, -0.05) is 0 Å². The fraction of sp³-hybridized carbons (Fsp3) is 0.417. The number of benzene rings is 1. The monoisotopic (exact) mass is 223 g/mol. The summed E-state index contributed by atoms with van der Waals surface area (Å²) in [5.41, 5.74) is 6.81. The van der Waals surface area contributed by atoms with Gasteiger partial charge in [0, 0.05) is 5.56 Å². The molecule has 0 aliphatic carbocycles. The van der Waals surface area contributed by atoms with E-state index < -0.39 is 0 Å². The van der Waals surface area contributed by atoms with Crippen molar-refractivity contribution >= 4 is 6.29 Å². The highest BCUT2D eigenvalue weighted by Gasteiger charge is 2.08. The Morgan fingerprint density at radius 3 is 2.75 bits per heavy atom. The molecule has 0 bridgehead atoms. The first-order chi connectivity index (χ1) is 7.72. The van der Waals surface area contributed by atoms with Crippen LogP contribution in [0.25, 0.3) is 0 Å². The SMILES string of the molecule is COc1cc(CCCCN)c(C=O)cc1O. The molecule has 0 unspecified atom stereocenters. The molecule has 4 nitrogen and oxygen atoms in total. The molecule has 1 aromatic carbocycles. The predicted octanol–water partition coefficient (Wildman–Crippen LogP) is 1.49. The maximum atomic E-state index is 10.8. The van der Waals surface area contributed by atoms with Gasteiger partial charge in [0.05, 0.1) is 7.11 Å². The van der Waals surface area contributed by atoms with E-state index in [-0.39, 0.29) is 5.75 Å². The molecule has 0 amide bonds. The van der Waals surface area contributed by atoms with Crippen LogP contribution < -0.4 is 10.5 Å². The van der Waals surface area contributed by atoms with E-state index in [1.54, 1.807) is 6.07 Å². The molecule has 16 heavy (non-hydrogen) atoms. The first kappa shape index (κ1) is 12.5. The molecule has 0 aromatic heterocycles. The van der Waals surface area contributed by atoms with Crippen molar-refractivity contribution in [1.29, 1.82) is 0 Å². The maximum Gasteiger partial charge on any atom is 0.160 e. The van der Waals surface area contributed by atoms with E-state index >= 15 is 0 Å². The fourth-order valence-electron chi connectivity index (χ4n) is 1.58. The lowest BCUT2D eigenvalue weighted by molar-refractivity contribution is 0.112. The van der Waals surface area contributed by atoms with Gasteiger partial charge in [0.15, 0.2) is 11.5 Å². The third kappa shape index (κ3) is 2.97. The normalized spacial score (nSPS) is 10.1. The highest BCUT2D eigenvalue weighted by Crippen LogP contribution is 2.29. The smallest absolute Gasteiger partial charge is 0.160 e. The zero-order chi connectivity index (χ0) is 12.0. The van der Waals surface area contributed by atoms with Crippen LogP contribution in [0.1, 0.15) is 28.8 Å². The molecular formula is C12H17NO3. The Hall–Kier alpha value is -1.55. The van der Waals surface area contributed by atoms with Gasteiger partial charge < -0.3 is 15.6 Å².